The summed E-state index contributed by atoms with van der Waals surface area (Å²) in [5, 5.41) is 0.579. The number of pyridine rings is 1. The Labute approximate surface area is 103 Å². The Morgan fingerprint density at radius 2 is 2.12 bits per heavy atom. The van der Waals surface area contributed by atoms with Crippen molar-refractivity contribution in [3.63, 3.8) is 0 Å². The number of piperidine rings is 1. The quantitative estimate of drug-likeness (QED) is 0.695. The molecule has 3 unspecified atom stereocenters. The molecule has 2 rings (SSSR count). The smallest absolute Gasteiger partial charge is 0.131 e. The van der Waals surface area contributed by atoms with Crippen molar-refractivity contribution in [2.45, 2.75) is 33.2 Å². The first-order valence-corrected chi connectivity index (χ1v) is 6.34. The van der Waals surface area contributed by atoms with Gasteiger partial charge >= 0.3 is 0 Å². The number of hydrogen-bond acceptors (Lipinski definition) is 2. The van der Waals surface area contributed by atoms with E-state index in [4.69, 9.17) is 11.6 Å². The van der Waals surface area contributed by atoms with Crippen molar-refractivity contribution in [2.24, 2.45) is 11.8 Å². The first kappa shape index (κ1) is 11.7. The van der Waals surface area contributed by atoms with Gasteiger partial charge in [-0.1, -0.05) is 25.4 Å². The number of aromatic nitrogens is 1. The average Bonchev–Trinajstić information content (AvgIpc) is 2.23. The van der Waals surface area contributed by atoms with E-state index in [9.17, 15) is 0 Å². The molecule has 1 fully saturated rings. The van der Waals surface area contributed by atoms with Gasteiger partial charge < -0.3 is 4.90 Å². The fourth-order valence-corrected chi connectivity index (χ4v) is 2.79. The number of rotatable bonds is 1. The number of hydrogen-bond donors (Lipinski definition) is 0. The molecular weight excluding hydrogens is 220 g/mol. The third-order valence-corrected chi connectivity index (χ3v) is 3.85. The molecule has 0 radical (unpaired) electrons. The van der Waals surface area contributed by atoms with Crippen LogP contribution in [-0.4, -0.2) is 17.6 Å². The molecule has 0 bridgehead atoms. The van der Waals surface area contributed by atoms with E-state index in [1.807, 2.05) is 12.1 Å². The summed E-state index contributed by atoms with van der Waals surface area (Å²) in [6, 6.07) is 4.59. The second kappa shape index (κ2) is 4.62. The second-order valence-electron chi connectivity index (χ2n) is 5.05. The fraction of sp³-hybridized carbons (Fsp3) is 0.615. The Balaban J connectivity index is 2.25. The van der Waals surface area contributed by atoms with Crippen LogP contribution >= 0.6 is 11.6 Å². The van der Waals surface area contributed by atoms with E-state index in [1.54, 1.807) is 6.20 Å². The summed E-state index contributed by atoms with van der Waals surface area (Å²) in [5.41, 5.74) is 1.20. The Morgan fingerprint density at radius 3 is 2.81 bits per heavy atom. The summed E-state index contributed by atoms with van der Waals surface area (Å²) >= 11 is 5.95. The average molecular weight is 239 g/mol. The summed E-state index contributed by atoms with van der Waals surface area (Å²) in [5.74, 6) is 1.48. The normalized spacial score (nSPS) is 30.5. The zero-order valence-electron chi connectivity index (χ0n) is 10.2. The Kier molecular flexibility index (Phi) is 3.38. The van der Waals surface area contributed by atoms with Gasteiger partial charge in [-0.25, -0.2) is 4.98 Å². The van der Waals surface area contributed by atoms with Crippen LogP contribution in [0.1, 0.15) is 27.2 Å². The first-order valence-electron chi connectivity index (χ1n) is 5.96. The lowest BCUT2D eigenvalue weighted by Crippen LogP contribution is -2.45. The van der Waals surface area contributed by atoms with Crippen LogP contribution in [0.5, 0.6) is 0 Å². The highest BCUT2D eigenvalue weighted by Crippen LogP contribution is 2.31. The maximum absolute atomic E-state index is 5.95. The van der Waals surface area contributed by atoms with E-state index in [0.29, 0.717) is 11.2 Å². The maximum atomic E-state index is 5.95. The van der Waals surface area contributed by atoms with E-state index in [0.717, 1.165) is 18.4 Å². The van der Waals surface area contributed by atoms with Crippen LogP contribution in [0.4, 0.5) is 5.69 Å². The number of halogens is 1. The van der Waals surface area contributed by atoms with Crippen LogP contribution in [0, 0.1) is 11.8 Å². The molecule has 2 nitrogen and oxygen atoms in total. The molecule has 1 aromatic heterocycles. The third-order valence-electron chi connectivity index (χ3n) is 3.64. The first-order chi connectivity index (χ1) is 7.58. The molecule has 3 heteroatoms. The Morgan fingerprint density at radius 1 is 1.38 bits per heavy atom. The molecular formula is C13H19ClN2. The minimum atomic E-state index is 0.578. The van der Waals surface area contributed by atoms with Crippen molar-refractivity contribution in [1.82, 2.24) is 4.98 Å². The van der Waals surface area contributed by atoms with E-state index in [1.165, 1.54) is 12.1 Å². The third kappa shape index (κ3) is 2.32. The molecule has 16 heavy (non-hydrogen) atoms. The summed E-state index contributed by atoms with van der Waals surface area (Å²) < 4.78 is 0. The van der Waals surface area contributed by atoms with Crippen molar-refractivity contribution in [3.8, 4) is 0 Å². The lowest BCUT2D eigenvalue weighted by molar-refractivity contribution is 0.297. The predicted molar refractivity (Wildman–Crippen MR) is 69.0 cm³/mol. The van der Waals surface area contributed by atoms with Crippen molar-refractivity contribution >= 4 is 17.3 Å². The van der Waals surface area contributed by atoms with Crippen LogP contribution in [0.15, 0.2) is 18.3 Å². The molecule has 0 spiro atoms. The van der Waals surface area contributed by atoms with Gasteiger partial charge in [-0.15, -0.1) is 0 Å². The van der Waals surface area contributed by atoms with Gasteiger partial charge in [-0.3, -0.25) is 0 Å². The topological polar surface area (TPSA) is 16.1 Å². The Bertz CT molecular complexity index is 367. The second-order valence-corrected chi connectivity index (χ2v) is 5.44. The molecule has 0 N–H and O–H groups in total. The molecule has 88 valence electrons. The van der Waals surface area contributed by atoms with Gasteiger partial charge in [0.05, 0.1) is 0 Å². The van der Waals surface area contributed by atoms with Gasteiger partial charge in [0.15, 0.2) is 0 Å². The van der Waals surface area contributed by atoms with Crippen LogP contribution < -0.4 is 4.90 Å². The molecule has 2 heterocycles. The molecule has 0 amide bonds. The van der Waals surface area contributed by atoms with Crippen molar-refractivity contribution < 1.29 is 0 Å². The number of anilines is 1. The van der Waals surface area contributed by atoms with Gasteiger partial charge in [0.1, 0.15) is 5.15 Å². The SMILES string of the molecule is CC1CC(C)C(C)N(c2ccnc(Cl)c2)C1. The molecule has 3 atom stereocenters. The van der Waals surface area contributed by atoms with E-state index in [-0.39, 0.29) is 0 Å². The predicted octanol–water partition coefficient (Wildman–Crippen LogP) is 3.61. The van der Waals surface area contributed by atoms with Crippen LogP contribution in [-0.2, 0) is 0 Å². The monoisotopic (exact) mass is 238 g/mol. The van der Waals surface area contributed by atoms with E-state index >= 15 is 0 Å². The van der Waals surface area contributed by atoms with Gasteiger partial charge in [0.2, 0.25) is 0 Å². The van der Waals surface area contributed by atoms with Crippen molar-refractivity contribution in [1.29, 1.82) is 0 Å². The highest BCUT2D eigenvalue weighted by molar-refractivity contribution is 6.29. The van der Waals surface area contributed by atoms with Crippen LogP contribution in [0.25, 0.3) is 0 Å². The zero-order valence-corrected chi connectivity index (χ0v) is 10.9. The van der Waals surface area contributed by atoms with Crippen molar-refractivity contribution in [2.75, 3.05) is 11.4 Å². The van der Waals surface area contributed by atoms with Gasteiger partial charge in [0.25, 0.3) is 0 Å². The van der Waals surface area contributed by atoms with Crippen LogP contribution in [0.3, 0.4) is 0 Å². The molecule has 1 saturated heterocycles. The molecule has 0 aliphatic carbocycles. The molecule has 1 aliphatic heterocycles. The summed E-state index contributed by atoms with van der Waals surface area (Å²) in [4.78, 5) is 6.49. The highest BCUT2D eigenvalue weighted by atomic mass is 35.5. The van der Waals surface area contributed by atoms with E-state index < -0.39 is 0 Å². The highest BCUT2D eigenvalue weighted by Gasteiger charge is 2.28. The molecule has 0 aromatic carbocycles. The fourth-order valence-electron chi connectivity index (χ4n) is 2.63. The number of nitrogens with zero attached hydrogens (tertiary/aromatic N) is 2. The van der Waals surface area contributed by atoms with Crippen molar-refractivity contribution in [3.05, 3.63) is 23.5 Å². The maximum Gasteiger partial charge on any atom is 0.131 e. The van der Waals surface area contributed by atoms with Gasteiger partial charge in [-0.2, -0.15) is 0 Å². The van der Waals surface area contributed by atoms with Crippen LogP contribution in [0.2, 0.25) is 5.15 Å². The summed E-state index contributed by atoms with van der Waals surface area (Å²) in [6.45, 7) is 8.06. The lowest BCUT2D eigenvalue weighted by atomic mass is 9.86. The Hall–Kier alpha value is -0.760. The van der Waals surface area contributed by atoms with Gasteiger partial charge in [0, 0.05) is 24.5 Å². The lowest BCUT2D eigenvalue weighted by Gasteiger charge is -2.42. The largest absolute Gasteiger partial charge is 0.368 e. The summed E-state index contributed by atoms with van der Waals surface area (Å²) in [7, 11) is 0. The standard InChI is InChI=1S/C13H19ClN2/c1-9-6-10(2)11(3)16(8-9)12-4-5-15-13(14)7-12/h4-5,7,9-11H,6,8H2,1-3H3. The molecule has 1 aliphatic rings. The summed E-state index contributed by atoms with van der Waals surface area (Å²) in [6.07, 6.45) is 3.10. The molecule has 0 saturated carbocycles. The van der Waals surface area contributed by atoms with E-state index in [2.05, 4.69) is 30.7 Å². The molecule has 1 aromatic rings. The minimum Gasteiger partial charge on any atom is -0.368 e. The minimum absolute atomic E-state index is 0.578. The zero-order chi connectivity index (χ0) is 11.7. The van der Waals surface area contributed by atoms with Gasteiger partial charge in [-0.05, 0) is 37.3 Å².